The second kappa shape index (κ2) is 12.6. The number of thiophene rings is 1. The normalized spacial score (nSPS) is 16.3. The molecule has 0 bridgehead atoms. The number of hydrogen-bond acceptors (Lipinski definition) is 5. The third kappa shape index (κ3) is 7.97. The third-order valence-corrected chi connectivity index (χ3v) is 6.01. The van der Waals surface area contributed by atoms with Crippen LogP contribution in [0.15, 0.2) is 46.8 Å². The molecule has 2 N–H and O–H groups in total. The first-order valence-electron chi connectivity index (χ1n) is 10.7. The van der Waals surface area contributed by atoms with Gasteiger partial charge in [-0.1, -0.05) is 25.1 Å². The molecule has 3 rings (SSSR count). The molecule has 0 saturated carbocycles. The van der Waals surface area contributed by atoms with Crippen LogP contribution in [0.2, 0.25) is 0 Å². The van der Waals surface area contributed by atoms with Crippen LogP contribution in [0.5, 0.6) is 5.75 Å². The standard InChI is InChI=1S/C23H34N4O2S/c1-19(15-22-7-4-14-30-22)17-25-23(24-2)26-18-20-5-3-6-21(16-20)29-13-10-27-8-11-28-12-9-27/h3-7,14,16,19H,8-13,15,17-18H2,1-2H3,(H2,24,25,26). The molecular weight excluding hydrogens is 396 g/mol. The second-order valence-corrected chi connectivity index (χ2v) is 8.68. The zero-order chi connectivity index (χ0) is 21.0. The molecule has 1 fully saturated rings. The summed E-state index contributed by atoms with van der Waals surface area (Å²) in [7, 11) is 1.81. The first-order chi connectivity index (χ1) is 14.7. The molecule has 164 valence electrons. The zero-order valence-corrected chi connectivity index (χ0v) is 18.9. The maximum Gasteiger partial charge on any atom is 0.191 e. The number of ether oxygens (including phenoxy) is 2. The monoisotopic (exact) mass is 430 g/mol. The number of hydrogen-bond donors (Lipinski definition) is 2. The fraction of sp³-hybridized carbons (Fsp3) is 0.522. The van der Waals surface area contributed by atoms with E-state index in [1.807, 2.05) is 30.5 Å². The molecule has 1 unspecified atom stereocenters. The Balaban J connectivity index is 1.37. The van der Waals surface area contributed by atoms with Crippen LogP contribution in [0.3, 0.4) is 0 Å². The summed E-state index contributed by atoms with van der Waals surface area (Å²) in [6.45, 7) is 9.12. The minimum Gasteiger partial charge on any atom is -0.492 e. The lowest BCUT2D eigenvalue weighted by atomic mass is 10.1. The van der Waals surface area contributed by atoms with E-state index in [0.717, 1.165) is 57.5 Å². The van der Waals surface area contributed by atoms with Gasteiger partial charge in [0.1, 0.15) is 12.4 Å². The van der Waals surface area contributed by atoms with Crippen molar-refractivity contribution in [1.29, 1.82) is 0 Å². The first kappa shape index (κ1) is 22.6. The minimum absolute atomic E-state index is 0.547. The van der Waals surface area contributed by atoms with Crippen LogP contribution in [0.25, 0.3) is 0 Å². The molecular formula is C23H34N4O2S. The van der Waals surface area contributed by atoms with Gasteiger partial charge in [0.25, 0.3) is 0 Å². The highest BCUT2D eigenvalue weighted by atomic mass is 32.1. The van der Waals surface area contributed by atoms with Crippen molar-refractivity contribution in [3.63, 3.8) is 0 Å². The van der Waals surface area contributed by atoms with Crippen molar-refractivity contribution in [1.82, 2.24) is 15.5 Å². The Morgan fingerprint density at radius 1 is 1.23 bits per heavy atom. The summed E-state index contributed by atoms with van der Waals surface area (Å²) < 4.78 is 11.3. The maximum absolute atomic E-state index is 5.96. The van der Waals surface area contributed by atoms with Crippen molar-refractivity contribution in [2.75, 3.05) is 53.0 Å². The Kier molecular flexibility index (Phi) is 9.47. The quantitative estimate of drug-likeness (QED) is 0.448. The molecule has 0 radical (unpaired) electrons. The summed E-state index contributed by atoms with van der Waals surface area (Å²) >= 11 is 1.82. The number of nitrogens with one attached hydrogen (secondary N) is 2. The summed E-state index contributed by atoms with van der Waals surface area (Å²) in [6.07, 6.45) is 1.09. The van der Waals surface area contributed by atoms with Crippen LogP contribution in [0, 0.1) is 5.92 Å². The molecule has 1 aliphatic rings. The molecule has 1 aromatic carbocycles. The van der Waals surface area contributed by atoms with Gasteiger partial charge in [0.2, 0.25) is 0 Å². The van der Waals surface area contributed by atoms with Crippen molar-refractivity contribution in [2.45, 2.75) is 19.9 Å². The molecule has 1 aliphatic heterocycles. The molecule has 30 heavy (non-hydrogen) atoms. The average Bonchev–Trinajstić information content (AvgIpc) is 3.28. The number of benzene rings is 1. The van der Waals surface area contributed by atoms with Gasteiger partial charge >= 0.3 is 0 Å². The van der Waals surface area contributed by atoms with Crippen LogP contribution >= 0.6 is 11.3 Å². The molecule has 1 atom stereocenters. The van der Waals surface area contributed by atoms with E-state index in [0.29, 0.717) is 19.1 Å². The Bertz CT molecular complexity index is 760. The van der Waals surface area contributed by atoms with Gasteiger partial charge in [0, 0.05) is 44.6 Å². The number of guanidine groups is 1. The van der Waals surface area contributed by atoms with Gasteiger partial charge in [-0.25, -0.2) is 0 Å². The van der Waals surface area contributed by atoms with Crippen molar-refractivity contribution in [3.8, 4) is 5.75 Å². The Morgan fingerprint density at radius 3 is 2.87 bits per heavy atom. The Hall–Kier alpha value is -2.09. The lowest BCUT2D eigenvalue weighted by Crippen LogP contribution is -2.39. The van der Waals surface area contributed by atoms with Crippen LogP contribution in [0.1, 0.15) is 17.4 Å². The maximum atomic E-state index is 5.96. The molecule has 0 amide bonds. The fourth-order valence-electron chi connectivity index (χ4n) is 3.38. The summed E-state index contributed by atoms with van der Waals surface area (Å²) in [4.78, 5) is 8.15. The van der Waals surface area contributed by atoms with Gasteiger partial charge in [-0.15, -0.1) is 11.3 Å². The van der Waals surface area contributed by atoms with Crippen molar-refractivity contribution >= 4 is 17.3 Å². The van der Waals surface area contributed by atoms with E-state index in [1.165, 1.54) is 10.4 Å². The molecule has 2 heterocycles. The van der Waals surface area contributed by atoms with Gasteiger partial charge < -0.3 is 20.1 Å². The highest BCUT2D eigenvalue weighted by Crippen LogP contribution is 2.14. The number of rotatable bonds is 10. The van der Waals surface area contributed by atoms with Gasteiger partial charge in [0.05, 0.1) is 13.2 Å². The van der Waals surface area contributed by atoms with Crippen molar-refractivity contribution < 1.29 is 9.47 Å². The average molecular weight is 431 g/mol. The highest BCUT2D eigenvalue weighted by Gasteiger charge is 2.10. The minimum atomic E-state index is 0.547. The second-order valence-electron chi connectivity index (χ2n) is 7.65. The zero-order valence-electron chi connectivity index (χ0n) is 18.1. The predicted octanol–water partition coefficient (Wildman–Crippen LogP) is 3.00. The van der Waals surface area contributed by atoms with Gasteiger partial charge in [-0.2, -0.15) is 0 Å². The topological polar surface area (TPSA) is 58.1 Å². The van der Waals surface area contributed by atoms with Gasteiger partial charge in [-0.3, -0.25) is 9.89 Å². The first-order valence-corrected chi connectivity index (χ1v) is 11.6. The molecule has 0 spiro atoms. The molecule has 0 aliphatic carbocycles. The van der Waals surface area contributed by atoms with E-state index in [1.54, 1.807) is 0 Å². The van der Waals surface area contributed by atoms with Crippen LogP contribution < -0.4 is 15.4 Å². The van der Waals surface area contributed by atoms with E-state index in [-0.39, 0.29) is 0 Å². The fourth-order valence-corrected chi connectivity index (χ4v) is 4.25. The lowest BCUT2D eigenvalue weighted by molar-refractivity contribution is 0.0322. The molecule has 1 saturated heterocycles. The SMILES string of the molecule is CN=C(NCc1cccc(OCCN2CCOCC2)c1)NCC(C)Cc1cccs1. The highest BCUT2D eigenvalue weighted by molar-refractivity contribution is 7.09. The Labute approximate surface area is 184 Å². The van der Waals surface area contributed by atoms with Gasteiger partial charge in [0.15, 0.2) is 5.96 Å². The van der Waals surface area contributed by atoms with Crippen LogP contribution in [0.4, 0.5) is 0 Å². The number of nitrogens with zero attached hydrogens (tertiary/aromatic N) is 2. The summed E-state index contributed by atoms with van der Waals surface area (Å²) in [5.41, 5.74) is 1.17. The van der Waals surface area contributed by atoms with E-state index in [9.17, 15) is 0 Å². The van der Waals surface area contributed by atoms with Crippen molar-refractivity contribution in [2.24, 2.45) is 10.9 Å². The molecule has 7 heteroatoms. The number of aliphatic imine (C=N–C) groups is 1. The van der Waals surface area contributed by atoms with Crippen LogP contribution in [-0.4, -0.2) is 63.9 Å². The Morgan fingerprint density at radius 2 is 2.10 bits per heavy atom. The van der Waals surface area contributed by atoms with E-state index < -0.39 is 0 Å². The summed E-state index contributed by atoms with van der Waals surface area (Å²) in [5.74, 6) is 2.28. The van der Waals surface area contributed by atoms with E-state index in [4.69, 9.17) is 9.47 Å². The molecule has 1 aromatic heterocycles. The van der Waals surface area contributed by atoms with Crippen LogP contribution in [-0.2, 0) is 17.7 Å². The predicted molar refractivity (Wildman–Crippen MR) is 125 cm³/mol. The summed E-state index contributed by atoms with van der Waals surface area (Å²) in [5, 5.41) is 8.97. The van der Waals surface area contributed by atoms with E-state index >= 15 is 0 Å². The smallest absolute Gasteiger partial charge is 0.191 e. The molecule has 6 nitrogen and oxygen atoms in total. The van der Waals surface area contributed by atoms with Gasteiger partial charge in [-0.05, 0) is 41.5 Å². The lowest BCUT2D eigenvalue weighted by Gasteiger charge is -2.26. The third-order valence-electron chi connectivity index (χ3n) is 5.11. The largest absolute Gasteiger partial charge is 0.492 e. The van der Waals surface area contributed by atoms with E-state index in [2.05, 4.69) is 57.1 Å². The van der Waals surface area contributed by atoms with Crippen molar-refractivity contribution in [3.05, 3.63) is 52.2 Å². The molecule has 2 aromatic rings. The number of morpholine rings is 1. The summed E-state index contributed by atoms with van der Waals surface area (Å²) in [6, 6.07) is 12.6.